The molecule has 6 heteroatoms. The fourth-order valence-corrected chi connectivity index (χ4v) is 5.75. The fraction of sp³-hybridized carbons (Fsp3) is 0.667. The number of nitrogens with zero attached hydrogens (tertiary/aromatic N) is 3. The van der Waals surface area contributed by atoms with E-state index in [2.05, 4.69) is 20.2 Å². The zero-order valence-electron chi connectivity index (χ0n) is 14.0. The van der Waals surface area contributed by atoms with E-state index >= 15 is 0 Å². The molecular formula is C18H24N4OS. The van der Waals surface area contributed by atoms with E-state index in [1.165, 1.54) is 60.9 Å². The lowest BCUT2D eigenvalue weighted by molar-refractivity contribution is 0.0421. The molecule has 2 aromatic rings. The molecule has 1 atom stereocenters. The summed E-state index contributed by atoms with van der Waals surface area (Å²) in [5.41, 5.74) is 1.51. The number of aromatic nitrogens is 2. The molecule has 4 heterocycles. The molecule has 2 aliphatic heterocycles. The number of hydrogen-bond acceptors (Lipinski definition) is 6. The molecule has 0 bridgehead atoms. The zero-order valence-corrected chi connectivity index (χ0v) is 14.8. The predicted octanol–water partition coefficient (Wildman–Crippen LogP) is 2.85. The van der Waals surface area contributed by atoms with Crippen molar-refractivity contribution in [2.24, 2.45) is 0 Å². The molecule has 1 N–H and O–H groups in total. The van der Waals surface area contributed by atoms with Gasteiger partial charge in [-0.1, -0.05) is 0 Å². The Morgan fingerprint density at radius 1 is 1.17 bits per heavy atom. The molecule has 2 fully saturated rings. The van der Waals surface area contributed by atoms with E-state index in [1.54, 1.807) is 6.33 Å². The van der Waals surface area contributed by atoms with Gasteiger partial charge >= 0.3 is 0 Å². The molecule has 0 radical (unpaired) electrons. The van der Waals surface area contributed by atoms with Gasteiger partial charge in [-0.05, 0) is 44.1 Å². The summed E-state index contributed by atoms with van der Waals surface area (Å²) in [4.78, 5) is 14.5. The van der Waals surface area contributed by atoms with E-state index in [9.17, 15) is 0 Å². The van der Waals surface area contributed by atoms with E-state index < -0.39 is 0 Å². The summed E-state index contributed by atoms with van der Waals surface area (Å²) in [5.74, 6) is 1.07. The van der Waals surface area contributed by atoms with Gasteiger partial charge in [-0.2, -0.15) is 0 Å². The number of likely N-dealkylation sites (tertiary alicyclic amines) is 1. The standard InChI is InChI=1S/C18H24N4OS/c1-2-14-15(3-1)24-18-16(14)17(19-11-20-18)21-12-4-7-22(10-12)13-5-8-23-9-6-13/h11-13H,1-10H2,(H,19,20,21). The van der Waals surface area contributed by atoms with Crippen LogP contribution >= 0.6 is 11.3 Å². The Bertz CT molecular complexity index is 740. The number of aryl methyl sites for hydroxylation is 2. The first-order valence-corrected chi connectivity index (χ1v) is 10.0. The van der Waals surface area contributed by atoms with Crippen molar-refractivity contribution in [2.45, 2.75) is 50.6 Å². The Morgan fingerprint density at radius 3 is 3.00 bits per heavy atom. The van der Waals surface area contributed by atoms with Crippen molar-refractivity contribution in [3.63, 3.8) is 0 Å². The van der Waals surface area contributed by atoms with Crippen molar-refractivity contribution < 1.29 is 4.74 Å². The van der Waals surface area contributed by atoms with Crippen LogP contribution in [0.5, 0.6) is 0 Å². The predicted molar refractivity (Wildman–Crippen MR) is 96.9 cm³/mol. The minimum absolute atomic E-state index is 0.503. The molecule has 128 valence electrons. The van der Waals surface area contributed by atoms with Crippen LogP contribution in [0.25, 0.3) is 10.2 Å². The lowest BCUT2D eigenvalue weighted by Gasteiger charge is -2.31. The number of hydrogen-bond donors (Lipinski definition) is 1. The molecule has 2 saturated heterocycles. The Balaban J connectivity index is 1.34. The molecule has 0 amide bonds. The number of fused-ring (bicyclic) bond motifs is 3. The topological polar surface area (TPSA) is 50.3 Å². The van der Waals surface area contributed by atoms with Gasteiger partial charge in [0.2, 0.25) is 0 Å². The van der Waals surface area contributed by atoms with Crippen LogP contribution in [-0.2, 0) is 17.6 Å². The van der Waals surface area contributed by atoms with Crippen molar-refractivity contribution in [3.8, 4) is 0 Å². The smallest absolute Gasteiger partial charge is 0.138 e. The Hall–Kier alpha value is -1.24. The van der Waals surface area contributed by atoms with Crippen molar-refractivity contribution >= 4 is 27.4 Å². The quantitative estimate of drug-likeness (QED) is 0.928. The molecule has 1 aliphatic carbocycles. The van der Waals surface area contributed by atoms with Gasteiger partial charge < -0.3 is 10.1 Å². The summed E-state index contributed by atoms with van der Waals surface area (Å²) in [6.07, 6.45) is 8.99. The Labute approximate surface area is 146 Å². The van der Waals surface area contributed by atoms with E-state index in [1.807, 2.05) is 11.3 Å². The lowest BCUT2D eigenvalue weighted by Crippen LogP contribution is -2.39. The number of anilines is 1. The molecule has 1 unspecified atom stereocenters. The number of ether oxygens (including phenoxy) is 1. The van der Waals surface area contributed by atoms with E-state index in [0.29, 0.717) is 12.1 Å². The third kappa shape index (κ3) is 2.61. The summed E-state index contributed by atoms with van der Waals surface area (Å²) < 4.78 is 5.51. The summed E-state index contributed by atoms with van der Waals surface area (Å²) in [5, 5.41) is 5.06. The van der Waals surface area contributed by atoms with Gasteiger partial charge in [-0.25, -0.2) is 9.97 Å². The molecule has 0 spiro atoms. The van der Waals surface area contributed by atoms with Crippen LogP contribution in [-0.4, -0.2) is 53.3 Å². The molecule has 0 saturated carbocycles. The van der Waals surface area contributed by atoms with Gasteiger partial charge in [0, 0.05) is 43.3 Å². The molecule has 3 aliphatic rings. The average molecular weight is 344 g/mol. The van der Waals surface area contributed by atoms with Crippen molar-refractivity contribution in [1.29, 1.82) is 0 Å². The van der Waals surface area contributed by atoms with Crippen molar-refractivity contribution in [3.05, 3.63) is 16.8 Å². The second-order valence-electron chi connectivity index (χ2n) is 7.23. The van der Waals surface area contributed by atoms with Gasteiger partial charge in [0.25, 0.3) is 0 Å². The van der Waals surface area contributed by atoms with E-state index in [0.717, 1.165) is 30.4 Å². The highest BCUT2D eigenvalue weighted by atomic mass is 32.1. The maximum absolute atomic E-state index is 5.51. The van der Waals surface area contributed by atoms with Crippen LogP contribution in [0.3, 0.4) is 0 Å². The maximum Gasteiger partial charge on any atom is 0.138 e. The van der Waals surface area contributed by atoms with Gasteiger partial charge in [-0.3, -0.25) is 4.90 Å². The number of thiophene rings is 1. The third-order valence-electron chi connectivity index (χ3n) is 5.77. The maximum atomic E-state index is 5.51. The molecule has 2 aromatic heterocycles. The molecule has 0 aromatic carbocycles. The monoisotopic (exact) mass is 344 g/mol. The van der Waals surface area contributed by atoms with Gasteiger partial charge in [0.1, 0.15) is 17.0 Å². The van der Waals surface area contributed by atoms with Crippen LogP contribution in [0, 0.1) is 0 Å². The van der Waals surface area contributed by atoms with Crippen LogP contribution in [0.2, 0.25) is 0 Å². The summed E-state index contributed by atoms with van der Waals surface area (Å²) in [7, 11) is 0. The highest BCUT2D eigenvalue weighted by Crippen LogP contribution is 2.39. The average Bonchev–Trinajstić information content (AvgIpc) is 3.31. The fourth-order valence-electron chi connectivity index (χ4n) is 4.52. The first-order valence-electron chi connectivity index (χ1n) is 9.22. The second-order valence-corrected chi connectivity index (χ2v) is 8.31. The number of nitrogens with one attached hydrogen (secondary N) is 1. The van der Waals surface area contributed by atoms with Gasteiger partial charge in [0.05, 0.1) is 5.39 Å². The lowest BCUT2D eigenvalue weighted by atomic mass is 10.1. The highest BCUT2D eigenvalue weighted by Gasteiger charge is 2.30. The largest absolute Gasteiger partial charge is 0.381 e. The molecule has 24 heavy (non-hydrogen) atoms. The van der Waals surface area contributed by atoms with Crippen LogP contribution < -0.4 is 5.32 Å². The summed E-state index contributed by atoms with van der Waals surface area (Å²) in [6, 6.07) is 1.21. The first-order chi connectivity index (χ1) is 11.9. The zero-order chi connectivity index (χ0) is 15.9. The third-order valence-corrected chi connectivity index (χ3v) is 6.97. The second kappa shape index (κ2) is 6.24. The van der Waals surface area contributed by atoms with Crippen molar-refractivity contribution in [2.75, 3.05) is 31.6 Å². The SMILES string of the molecule is c1nc(NC2CCN(C3CCOCC3)C2)c2c3c(sc2n1)CCC3. The van der Waals surface area contributed by atoms with Gasteiger partial charge in [0.15, 0.2) is 0 Å². The molecular weight excluding hydrogens is 320 g/mol. The minimum atomic E-state index is 0.503. The summed E-state index contributed by atoms with van der Waals surface area (Å²) >= 11 is 1.87. The Kier molecular flexibility index (Phi) is 3.91. The minimum Gasteiger partial charge on any atom is -0.381 e. The first kappa shape index (κ1) is 15.0. The Morgan fingerprint density at radius 2 is 2.08 bits per heavy atom. The summed E-state index contributed by atoms with van der Waals surface area (Å²) in [6.45, 7) is 4.17. The van der Waals surface area contributed by atoms with Crippen LogP contribution in [0.4, 0.5) is 5.82 Å². The van der Waals surface area contributed by atoms with Crippen LogP contribution in [0.1, 0.15) is 36.1 Å². The van der Waals surface area contributed by atoms with Gasteiger partial charge in [-0.15, -0.1) is 11.3 Å². The van der Waals surface area contributed by atoms with E-state index in [4.69, 9.17) is 4.74 Å². The normalized spacial score (nSPS) is 25.4. The van der Waals surface area contributed by atoms with E-state index in [-0.39, 0.29) is 0 Å². The molecule has 5 nitrogen and oxygen atoms in total. The van der Waals surface area contributed by atoms with Crippen LogP contribution in [0.15, 0.2) is 6.33 Å². The highest BCUT2D eigenvalue weighted by molar-refractivity contribution is 7.19. The number of rotatable bonds is 3. The van der Waals surface area contributed by atoms with Crippen molar-refractivity contribution in [1.82, 2.24) is 14.9 Å². The molecule has 5 rings (SSSR count).